The highest BCUT2D eigenvalue weighted by Crippen LogP contribution is 2.28. The quantitative estimate of drug-likeness (QED) is 0.389. The Kier molecular flexibility index (Phi) is 6.37. The molecule has 0 unspecified atom stereocenters. The lowest BCUT2D eigenvalue weighted by Gasteiger charge is -2.24. The van der Waals surface area contributed by atoms with Crippen molar-refractivity contribution in [2.45, 2.75) is 27.3 Å². The minimum atomic E-state index is -0.696. The van der Waals surface area contributed by atoms with Crippen molar-refractivity contribution in [3.8, 4) is 5.75 Å². The molecule has 4 rings (SSSR count). The van der Waals surface area contributed by atoms with Crippen molar-refractivity contribution in [2.24, 2.45) is 0 Å². The van der Waals surface area contributed by atoms with Gasteiger partial charge in [-0.1, -0.05) is 22.0 Å². The van der Waals surface area contributed by atoms with E-state index in [1.807, 2.05) is 47.2 Å². The van der Waals surface area contributed by atoms with Gasteiger partial charge in [0.1, 0.15) is 17.9 Å². The summed E-state index contributed by atoms with van der Waals surface area (Å²) in [5.41, 5.74) is 3.98. The number of hydrogen-bond acceptors (Lipinski definition) is 4. The summed E-state index contributed by atoms with van der Waals surface area (Å²) in [6, 6.07) is 11.2. The summed E-state index contributed by atoms with van der Waals surface area (Å²) >= 11 is 3.50. The molecule has 170 valence electrons. The molecule has 0 bridgehead atoms. The lowest BCUT2D eigenvalue weighted by atomic mass is 10.1. The van der Waals surface area contributed by atoms with Crippen LogP contribution in [-0.4, -0.2) is 40.5 Å². The maximum Gasteiger partial charge on any atom is 0.331 e. The number of aromatic nitrogens is 1. The van der Waals surface area contributed by atoms with Gasteiger partial charge in [0.05, 0.1) is 6.54 Å². The summed E-state index contributed by atoms with van der Waals surface area (Å²) in [6.07, 6.45) is 3.43. The van der Waals surface area contributed by atoms with E-state index in [9.17, 15) is 14.4 Å². The maximum absolute atomic E-state index is 12.7. The second-order valence-electron chi connectivity index (χ2n) is 7.90. The molecule has 3 aromatic rings. The summed E-state index contributed by atoms with van der Waals surface area (Å²) in [6.45, 7) is 7.01. The first-order chi connectivity index (χ1) is 15.8. The highest BCUT2D eigenvalue weighted by atomic mass is 79.9. The second-order valence-corrected chi connectivity index (χ2v) is 8.82. The fourth-order valence-electron chi connectivity index (χ4n) is 3.80. The molecule has 33 heavy (non-hydrogen) atoms. The molecule has 0 radical (unpaired) electrons. The Morgan fingerprint density at radius 2 is 1.85 bits per heavy atom. The third-order valence-electron chi connectivity index (χ3n) is 5.76. The van der Waals surface area contributed by atoms with Gasteiger partial charge in [0.15, 0.2) is 0 Å². The van der Waals surface area contributed by atoms with Crippen LogP contribution in [-0.2, 0) is 16.1 Å². The van der Waals surface area contributed by atoms with E-state index in [2.05, 4.69) is 35.1 Å². The van der Waals surface area contributed by atoms with Crippen molar-refractivity contribution in [1.29, 1.82) is 0 Å². The van der Waals surface area contributed by atoms with Crippen LogP contribution in [0.1, 0.15) is 23.6 Å². The van der Waals surface area contributed by atoms with Gasteiger partial charge in [0.25, 0.3) is 11.8 Å². The number of nitrogens with one attached hydrogen (secondary N) is 1. The number of likely N-dealkylation sites (N-methyl/N-ethyl adjacent to an activating group) is 1. The number of urea groups is 1. The Hall–Kier alpha value is -3.39. The number of fused-ring (bicyclic) bond motifs is 1. The highest BCUT2D eigenvalue weighted by molar-refractivity contribution is 9.10. The molecular weight excluding hydrogens is 486 g/mol. The molecule has 1 aliphatic rings. The number of carbonyl (C=O) groups excluding carboxylic acids is 3. The molecule has 7 nitrogen and oxygen atoms in total. The largest absolute Gasteiger partial charge is 0.492 e. The van der Waals surface area contributed by atoms with E-state index in [0.29, 0.717) is 18.7 Å². The molecule has 2 heterocycles. The zero-order valence-electron chi connectivity index (χ0n) is 18.6. The number of barbiturate groups is 1. The normalized spacial score (nSPS) is 15.5. The van der Waals surface area contributed by atoms with E-state index in [4.69, 9.17) is 4.74 Å². The Morgan fingerprint density at radius 1 is 1.06 bits per heavy atom. The van der Waals surface area contributed by atoms with E-state index in [0.717, 1.165) is 26.0 Å². The number of ether oxygens (including phenoxy) is 1. The van der Waals surface area contributed by atoms with Crippen LogP contribution in [0.15, 0.2) is 52.6 Å². The Labute approximate surface area is 200 Å². The van der Waals surface area contributed by atoms with Crippen molar-refractivity contribution in [2.75, 3.05) is 13.2 Å². The van der Waals surface area contributed by atoms with Gasteiger partial charge in [-0.3, -0.25) is 19.8 Å². The van der Waals surface area contributed by atoms with Crippen LogP contribution < -0.4 is 10.1 Å². The Bertz CT molecular complexity index is 1310. The van der Waals surface area contributed by atoms with Gasteiger partial charge < -0.3 is 9.30 Å². The number of nitrogens with zero attached hydrogens (tertiary/aromatic N) is 2. The number of hydrogen-bond donors (Lipinski definition) is 1. The summed E-state index contributed by atoms with van der Waals surface area (Å²) in [5.74, 6) is -0.475. The molecule has 1 aliphatic heterocycles. The number of halogens is 1. The van der Waals surface area contributed by atoms with Crippen molar-refractivity contribution >= 4 is 50.8 Å². The van der Waals surface area contributed by atoms with E-state index in [-0.39, 0.29) is 12.1 Å². The molecule has 0 spiro atoms. The molecule has 1 aromatic heterocycles. The Balaban J connectivity index is 1.64. The molecule has 8 heteroatoms. The third-order valence-corrected chi connectivity index (χ3v) is 6.25. The predicted molar refractivity (Wildman–Crippen MR) is 130 cm³/mol. The molecule has 4 amide bonds. The average Bonchev–Trinajstić information content (AvgIpc) is 3.10. The molecule has 1 saturated heterocycles. The number of aryl methyl sites for hydroxylation is 2. The molecule has 1 fully saturated rings. The molecular formula is C25H24BrN3O4. The number of rotatable bonds is 6. The monoisotopic (exact) mass is 509 g/mol. The highest BCUT2D eigenvalue weighted by Gasteiger charge is 2.34. The minimum absolute atomic E-state index is 0.0677. The van der Waals surface area contributed by atoms with Gasteiger partial charge in [-0.25, -0.2) is 4.79 Å². The van der Waals surface area contributed by atoms with Crippen LogP contribution in [0, 0.1) is 13.8 Å². The minimum Gasteiger partial charge on any atom is -0.492 e. The van der Waals surface area contributed by atoms with Crippen LogP contribution in [0.3, 0.4) is 0 Å². The van der Waals surface area contributed by atoms with Crippen molar-refractivity contribution in [3.63, 3.8) is 0 Å². The number of carbonyl (C=O) groups is 3. The zero-order chi connectivity index (χ0) is 23.7. The van der Waals surface area contributed by atoms with Crippen LogP contribution in [0.25, 0.3) is 17.0 Å². The van der Waals surface area contributed by atoms with Gasteiger partial charge in [-0.15, -0.1) is 0 Å². The first-order valence-electron chi connectivity index (χ1n) is 10.7. The standard InChI is InChI=1S/C25H24BrN3O4/c1-4-29-24(31)21(23(30)27-25(29)32)12-17-14-28(22-8-6-18(26)13-20(17)22)9-10-33-19-7-5-15(2)16(3)11-19/h5-8,11-14H,4,9-10H2,1-3H3,(H,27,30,32)/b21-12+. The molecule has 1 N–H and O–H groups in total. The first kappa shape index (κ1) is 22.8. The summed E-state index contributed by atoms with van der Waals surface area (Å²) in [4.78, 5) is 38.0. The van der Waals surface area contributed by atoms with Crippen LogP contribution in [0.5, 0.6) is 5.75 Å². The van der Waals surface area contributed by atoms with Gasteiger partial charge >= 0.3 is 6.03 Å². The lowest BCUT2D eigenvalue weighted by Crippen LogP contribution is -2.53. The van der Waals surface area contributed by atoms with E-state index in [1.165, 1.54) is 11.1 Å². The SMILES string of the molecule is CCN1C(=O)NC(=O)/C(=C\c2cn(CCOc3ccc(C)c(C)c3)c3ccc(Br)cc23)C1=O. The molecule has 0 aliphatic carbocycles. The van der Waals surface area contributed by atoms with E-state index < -0.39 is 17.8 Å². The molecule has 0 saturated carbocycles. The van der Waals surface area contributed by atoms with Crippen LogP contribution in [0.4, 0.5) is 4.79 Å². The fraction of sp³-hybridized carbons (Fsp3) is 0.240. The fourth-order valence-corrected chi connectivity index (χ4v) is 4.16. The van der Waals surface area contributed by atoms with Crippen molar-refractivity contribution in [1.82, 2.24) is 14.8 Å². The summed E-state index contributed by atoms with van der Waals surface area (Å²) < 4.78 is 8.85. The third kappa shape index (κ3) is 4.57. The second kappa shape index (κ2) is 9.23. The Morgan fingerprint density at radius 3 is 2.58 bits per heavy atom. The van der Waals surface area contributed by atoms with E-state index in [1.54, 1.807) is 13.0 Å². The van der Waals surface area contributed by atoms with E-state index >= 15 is 0 Å². The summed E-state index contributed by atoms with van der Waals surface area (Å²) in [7, 11) is 0. The smallest absolute Gasteiger partial charge is 0.331 e. The maximum atomic E-state index is 12.7. The number of benzene rings is 2. The molecule has 2 aromatic carbocycles. The molecule has 0 atom stereocenters. The zero-order valence-corrected chi connectivity index (χ0v) is 20.2. The van der Waals surface area contributed by atoms with Gasteiger partial charge in [-0.2, -0.15) is 0 Å². The predicted octanol–water partition coefficient (Wildman–Crippen LogP) is 4.58. The van der Waals surface area contributed by atoms with Crippen LogP contribution in [0.2, 0.25) is 0 Å². The van der Waals surface area contributed by atoms with Crippen molar-refractivity contribution < 1.29 is 19.1 Å². The van der Waals surface area contributed by atoms with Gasteiger partial charge in [-0.05, 0) is 68.3 Å². The van der Waals surface area contributed by atoms with Gasteiger partial charge in [0.2, 0.25) is 0 Å². The van der Waals surface area contributed by atoms with Crippen LogP contribution >= 0.6 is 15.9 Å². The lowest BCUT2D eigenvalue weighted by molar-refractivity contribution is -0.129. The summed E-state index contributed by atoms with van der Waals surface area (Å²) in [5, 5.41) is 3.11. The van der Waals surface area contributed by atoms with Gasteiger partial charge in [0, 0.05) is 33.7 Å². The number of imide groups is 2. The number of amides is 4. The average molecular weight is 510 g/mol. The topological polar surface area (TPSA) is 80.6 Å². The van der Waals surface area contributed by atoms with Crippen molar-refractivity contribution in [3.05, 3.63) is 69.3 Å². The first-order valence-corrected chi connectivity index (χ1v) is 11.4.